The van der Waals surface area contributed by atoms with Crippen molar-refractivity contribution in [3.63, 3.8) is 0 Å². The molecule has 0 aliphatic rings. The molecule has 10 nitrogen and oxygen atoms in total. The van der Waals surface area contributed by atoms with Gasteiger partial charge in [0.25, 0.3) is 5.69 Å². The first-order valence-electron chi connectivity index (χ1n) is 10.5. The van der Waals surface area contributed by atoms with Gasteiger partial charge in [0.1, 0.15) is 22.2 Å². The SMILES string of the molecule is CCn1c(S/C(=C\c2ccc(-c3cc([N+](=O)[O-])ccc3OC)o2)C(=O)O)nnc1-c1ccc(Cl)cc1. The van der Waals surface area contributed by atoms with Crippen molar-refractivity contribution in [2.45, 2.75) is 18.6 Å². The maximum absolute atomic E-state index is 12.0. The standard InChI is InChI=1S/C24H19ClN4O6S/c1-3-28-22(14-4-6-15(25)7-5-14)26-27-24(28)36-21(23(30)31)13-17-9-11-20(35-17)18-12-16(29(32)33)8-10-19(18)34-2/h4-13H,3H2,1-2H3,(H,30,31)/b21-13-. The van der Waals surface area contributed by atoms with E-state index in [1.165, 1.54) is 31.4 Å². The van der Waals surface area contributed by atoms with Crippen LogP contribution in [0.2, 0.25) is 5.02 Å². The van der Waals surface area contributed by atoms with E-state index in [2.05, 4.69) is 10.2 Å². The van der Waals surface area contributed by atoms with Crippen LogP contribution in [-0.4, -0.2) is 37.9 Å². The first kappa shape index (κ1) is 25.0. The van der Waals surface area contributed by atoms with Gasteiger partial charge in [-0.2, -0.15) is 0 Å². The molecule has 0 aliphatic heterocycles. The number of carbonyl (C=O) groups is 1. The van der Waals surface area contributed by atoms with E-state index in [0.29, 0.717) is 39.6 Å². The number of halogens is 1. The van der Waals surface area contributed by atoms with Crippen LogP contribution in [0.15, 0.2) is 69.1 Å². The first-order chi connectivity index (χ1) is 17.3. The number of aliphatic carboxylic acids is 1. The number of nitrogens with zero attached hydrogens (tertiary/aromatic N) is 4. The summed E-state index contributed by atoms with van der Waals surface area (Å²) in [6.07, 6.45) is 1.36. The molecule has 4 aromatic rings. The molecule has 2 aromatic carbocycles. The minimum absolute atomic E-state index is 0.0494. The number of methoxy groups -OCH3 is 1. The third-order valence-corrected chi connectivity index (χ3v) is 6.36. The molecule has 0 saturated carbocycles. The minimum atomic E-state index is -1.18. The van der Waals surface area contributed by atoms with Gasteiger partial charge in [0.05, 0.1) is 17.6 Å². The summed E-state index contributed by atoms with van der Waals surface area (Å²) in [4.78, 5) is 22.6. The van der Waals surface area contributed by atoms with E-state index < -0.39 is 10.9 Å². The average molecular weight is 527 g/mol. The minimum Gasteiger partial charge on any atom is -0.496 e. The topological polar surface area (TPSA) is 134 Å². The Balaban J connectivity index is 1.66. The van der Waals surface area contributed by atoms with Crippen molar-refractivity contribution in [1.82, 2.24) is 14.8 Å². The van der Waals surface area contributed by atoms with Crippen LogP contribution in [0.25, 0.3) is 28.8 Å². The van der Waals surface area contributed by atoms with Gasteiger partial charge in [0.2, 0.25) is 0 Å². The lowest BCUT2D eigenvalue weighted by Gasteiger charge is -2.08. The maximum Gasteiger partial charge on any atom is 0.342 e. The molecule has 0 radical (unpaired) electrons. The van der Waals surface area contributed by atoms with E-state index in [4.69, 9.17) is 20.8 Å². The van der Waals surface area contributed by atoms with Gasteiger partial charge in [-0.1, -0.05) is 11.6 Å². The number of nitro groups is 1. The quantitative estimate of drug-likeness (QED) is 0.120. The van der Waals surface area contributed by atoms with Crippen molar-refractivity contribution in [3.05, 3.63) is 80.4 Å². The van der Waals surface area contributed by atoms with E-state index in [1.807, 2.05) is 19.1 Å². The zero-order valence-corrected chi connectivity index (χ0v) is 20.6. The molecule has 0 bridgehead atoms. The molecule has 4 rings (SSSR count). The molecule has 0 spiro atoms. The molecular formula is C24H19ClN4O6S. The monoisotopic (exact) mass is 526 g/mol. The van der Waals surface area contributed by atoms with Crippen LogP contribution >= 0.6 is 23.4 Å². The molecule has 0 amide bonds. The van der Waals surface area contributed by atoms with Gasteiger partial charge in [-0.3, -0.25) is 10.1 Å². The summed E-state index contributed by atoms with van der Waals surface area (Å²) < 4.78 is 12.9. The number of nitro benzene ring substituents is 1. The Kier molecular flexibility index (Phi) is 7.41. The highest BCUT2D eigenvalue weighted by molar-refractivity contribution is 8.04. The van der Waals surface area contributed by atoms with E-state index >= 15 is 0 Å². The molecule has 2 heterocycles. The Labute approximate surface area is 214 Å². The van der Waals surface area contributed by atoms with E-state index in [9.17, 15) is 20.0 Å². The lowest BCUT2D eigenvalue weighted by Crippen LogP contribution is -2.02. The molecular weight excluding hydrogens is 508 g/mol. The number of carboxylic acid groups (broad SMARTS) is 1. The number of furan rings is 1. The number of non-ortho nitro benzene ring substituents is 1. The maximum atomic E-state index is 12.0. The van der Waals surface area contributed by atoms with Crippen LogP contribution < -0.4 is 4.74 Å². The molecule has 12 heteroatoms. The zero-order chi connectivity index (χ0) is 25.8. The van der Waals surface area contributed by atoms with Gasteiger partial charge in [0, 0.05) is 35.3 Å². The van der Waals surface area contributed by atoms with Crippen LogP contribution in [0.1, 0.15) is 12.7 Å². The van der Waals surface area contributed by atoms with Crippen LogP contribution in [0, 0.1) is 10.1 Å². The zero-order valence-electron chi connectivity index (χ0n) is 19.0. The van der Waals surface area contributed by atoms with E-state index in [0.717, 1.165) is 17.3 Å². The molecule has 0 fully saturated rings. The summed E-state index contributed by atoms with van der Waals surface area (Å²) in [6.45, 7) is 2.42. The summed E-state index contributed by atoms with van der Waals surface area (Å²) in [7, 11) is 1.44. The Hall–Kier alpha value is -4.09. The van der Waals surface area contributed by atoms with E-state index in [-0.39, 0.29) is 16.4 Å². The Morgan fingerprint density at radius 3 is 2.61 bits per heavy atom. The third-order valence-electron chi connectivity index (χ3n) is 5.11. The van der Waals surface area contributed by atoms with Crippen molar-refractivity contribution in [3.8, 4) is 28.5 Å². The molecule has 0 unspecified atom stereocenters. The number of thioether (sulfide) groups is 1. The fraction of sp³-hybridized carbons (Fsp3) is 0.125. The predicted molar refractivity (Wildman–Crippen MR) is 135 cm³/mol. The highest BCUT2D eigenvalue weighted by Crippen LogP contribution is 2.36. The van der Waals surface area contributed by atoms with Gasteiger partial charge in [-0.05, 0) is 61.2 Å². The van der Waals surface area contributed by atoms with Crippen molar-refractivity contribution in [2.24, 2.45) is 0 Å². The van der Waals surface area contributed by atoms with Crippen LogP contribution in [-0.2, 0) is 11.3 Å². The first-order valence-corrected chi connectivity index (χ1v) is 11.7. The van der Waals surface area contributed by atoms with Crippen LogP contribution in [0.4, 0.5) is 5.69 Å². The predicted octanol–water partition coefficient (Wildman–Crippen LogP) is 6.01. The van der Waals surface area contributed by atoms with Crippen LogP contribution in [0.5, 0.6) is 5.75 Å². The largest absolute Gasteiger partial charge is 0.496 e. The van der Waals surface area contributed by atoms with Crippen molar-refractivity contribution < 1.29 is 24.0 Å². The highest BCUT2D eigenvalue weighted by atomic mass is 35.5. The number of hydrogen-bond acceptors (Lipinski definition) is 8. The molecule has 0 aliphatic carbocycles. The molecule has 2 aromatic heterocycles. The summed E-state index contributed by atoms with van der Waals surface area (Å²) in [5.74, 6) is 0.315. The van der Waals surface area contributed by atoms with Crippen molar-refractivity contribution in [1.29, 1.82) is 0 Å². The number of benzene rings is 2. The van der Waals surface area contributed by atoms with Crippen LogP contribution in [0.3, 0.4) is 0 Å². The summed E-state index contributed by atoms with van der Waals surface area (Å²) >= 11 is 6.90. The van der Waals surface area contributed by atoms with Crippen molar-refractivity contribution in [2.75, 3.05) is 7.11 Å². The summed E-state index contributed by atoms with van der Waals surface area (Å²) in [5.41, 5.74) is 1.04. The Morgan fingerprint density at radius 2 is 1.97 bits per heavy atom. The number of rotatable bonds is 9. The highest BCUT2D eigenvalue weighted by Gasteiger charge is 2.20. The molecule has 0 atom stereocenters. The second kappa shape index (κ2) is 10.7. The molecule has 36 heavy (non-hydrogen) atoms. The number of aromatic nitrogens is 3. The van der Waals surface area contributed by atoms with Gasteiger partial charge in [-0.15, -0.1) is 10.2 Å². The molecule has 1 N–H and O–H groups in total. The Bertz CT molecular complexity index is 1460. The van der Waals surface area contributed by atoms with Gasteiger partial charge in [0.15, 0.2) is 11.0 Å². The van der Waals surface area contributed by atoms with Crippen molar-refractivity contribution >= 4 is 41.1 Å². The smallest absolute Gasteiger partial charge is 0.342 e. The lowest BCUT2D eigenvalue weighted by molar-refractivity contribution is -0.384. The normalized spacial score (nSPS) is 11.5. The average Bonchev–Trinajstić information content (AvgIpc) is 3.50. The van der Waals surface area contributed by atoms with Gasteiger partial charge in [-0.25, -0.2) is 4.79 Å². The lowest BCUT2D eigenvalue weighted by atomic mass is 10.1. The second-order valence-electron chi connectivity index (χ2n) is 7.32. The number of ether oxygens (including phenoxy) is 1. The summed E-state index contributed by atoms with van der Waals surface area (Å²) in [6, 6.07) is 14.4. The fourth-order valence-electron chi connectivity index (χ4n) is 3.40. The fourth-order valence-corrected chi connectivity index (χ4v) is 4.39. The van der Waals surface area contributed by atoms with Gasteiger partial charge < -0.3 is 18.8 Å². The van der Waals surface area contributed by atoms with E-state index in [1.54, 1.807) is 28.8 Å². The third kappa shape index (κ3) is 5.26. The number of carboxylic acids is 1. The summed E-state index contributed by atoms with van der Waals surface area (Å²) in [5, 5.41) is 30.4. The van der Waals surface area contributed by atoms with Gasteiger partial charge >= 0.3 is 5.97 Å². The molecule has 0 saturated heterocycles. The number of hydrogen-bond donors (Lipinski definition) is 1. The molecule has 184 valence electrons. The second-order valence-corrected chi connectivity index (χ2v) is 8.76. The Morgan fingerprint density at radius 1 is 1.22 bits per heavy atom.